The van der Waals surface area contributed by atoms with Crippen molar-refractivity contribution in [3.63, 3.8) is 0 Å². The van der Waals surface area contributed by atoms with E-state index in [0.717, 1.165) is 0 Å². The van der Waals surface area contributed by atoms with Gasteiger partial charge in [0.25, 0.3) is 5.56 Å². The fraction of sp³-hybridized carbons (Fsp3) is 0.538. The van der Waals surface area contributed by atoms with E-state index >= 15 is 0 Å². The normalized spacial score (nSPS) is 12.2. The zero-order valence-corrected chi connectivity index (χ0v) is 12.6. The smallest absolute Gasteiger partial charge is 0.284 e. The number of nitrogens with one attached hydrogen (secondary N) is 1. The Bertz CT molecular complexity index is 520. The maximum absolute atomic E-state index is 11.9. The number of aliphatic hydroxyl groups is 1. The second-order valence-corrected chi connectivity index (χ2v) is 5.50. The molecule has 5 nitrogen and oxygen atoms in total. The summed E-state index contributed by atoms with van der Waals surface area (Å²) in [5.74, 6) is 2.78. The van der Waals surface area contributed by atoms with Gasteiger partial charge in [0.05, 0.1) is 18.0 Å². The summed E-state index contributed by atoms with van der Waals surface area (Å²) in [7, 11) is 0. The summed E-state index contributed by atoms with van der Waals surface area (Å²) in [4.78, 5) is 11.9. The van der Waals surface area contributed by atoms with Gasteiger partial charge in [0.15, 0.2) is 0 Å². The quantitative estimate of drug-likeness (QED) is 0.776. The Morgan fingerprint density at radius 1 is 1.63 bits per heavy atom. The number of aliphatic hydroxyl groups excluding tert-OH is 1. The fourth-order valence-corrected chi connectivity index (χ4v) is 2.09. The molecule has 0 amide bonds. The third-order valence-electron chi connectivity index (χ3n) is 2.50. The molecule has 0 spiro atoms. The zero-order valence-electron chi connectivity index (χ0n) is 11.1. The summed E-state index contributed by atoms with van der Waals surface area (Å²) in [5, 5.41) is 16.7. The van der Waals surface area contributed by atoms with Crippen LogP contribution < -0.4 is 10.9 Å². The lowest BCUT2D eigenvalue weighted by atomic mass is 10.1. The molecule has 0 aromatic carbocycles. The van der Waals surface area contributed by atoms with Crippen molar-refractivity contribution in [2.45, 2.75) is 32.9 Å². The highest BCUT2D eigenvalue weighted by Crippen LogP contribution is 2.16. The van der Waals surface area contributed by atoms with Crippen molar-refractivity contribution >= 4 is 21.6 Å². The monoisotopic (exact) mass is 327 g/mol. The van der Waals surface area contributed by atoms with E-state index in [-0.39, 0.29) is 12.1 Å². The molecule has 1 aromatic heterocycles. The van der Waals surface area contributed by atoms with E-state index in [4.69, 9.17) is 6.42 Å². The predicted octanol–water partition coefficient (Wildman–Crippen LogP) is 1.46. The second-order valence-electron chi connectivity index (χ2n) is 4.70. The number of hydrogen-bond donors (Lipinski definition) is 2. The minimum Gasteiger partial charge on any atom is -0.391 e. The summed E-state index contributed by atoms with van der Waals surface area (Å²) in [6, 6.07) is 0. The van der Waals surface area contributed by atoms with Gasteiger partial charge in [0, 0.05) is 6.54 Å². The van der Waals surface area contributed by atoms with Crippen LogP contribution in [0.15, 0.2) is 15.5 Å². The van der Waals surface area contributed by atoms with E-state index in [9.17, 15) is 9.90 Å². The summed E-state index contributed by atoms with van der Waals surface area (Å²) in [5.41, 5.74) is 0.266. The van der Waals surface area contributed by atoms with Crippen LogP contribution in [0.3, 0.4) is 0 Å². The van der Waals surface area contributed by atoms with Crippen molar-refractivity contribution in [2.75, 3.05) is 11.9 Å². The van der Waals surface area contributed by atoms with Gasteiger partial charge < -0.3 is 10.4 Å². The van der Waals surface area contributed by atoms with E-state index in [0.29, 0.717) is 29.0 Å². The number of hydrogen-bond acceptors (Lipinski definition) is 4. The van der Waals surface area contributed by atoms with Gasteiger partial charge in [0.1, 0.15) is 11.0 Å². The maximum atomic E-state index is 11.9. The molecule has 0 fully saturated rings. The van der Waals surface area contributed by atoms with Crippen molar-refractivity contribution in [2.24, 2.45) is 5.92 Å². The Morgan fingerprint density at radius 2 is 2.32 bits per heavy atom. The van der Waals surface area contributed by atoms with E-state index < -0.39 is 6.10 Å². The van der Waals surface area contributed by atoms with Crippen molar-refractivity contribution in [3.05, 3.63) is 21.0 Å². The van der Waals surface area contributed by atoms with Gasteiger partial charge in [0.2, 0.25) is 0 Å². The molecule has 1 atom stereocenters. The molecule has 1 unspecified atom stereocenters. The molecule has 0 radical (unpaired) electrons. The van der Waals surface area contributed by atoms with Crippen LogP contribution in [0.4, 0.5) is 5.69 Å². The van der Waals surface area contributed by atoms with Crippen LogP contribution >= 0.6 is 15.9 Å². The molecule has 0 bridgehead atoms. The van der Waals surface area contributed by atoms with Crippen LogP contribution in [0, 0.1) is 18.3 Å². The highest BCUT2D eigenvalue weighted by Gasteiger charge is 2.11. The first-order chi connectivity index (χ1) is 8.95. The molecule has 0 aliphatic rings. The first-order valence-electron chi connectivity index (χ1n) is 6.06. The average molecular weight is 328 g/mol. The lowest BCUT2D eigenvalue weighted by Crippen LogP contribution is -2.26. The summed E-state index contributed by atoms with van der Waals surface area (Å²) in [6.45, 7) is 4.59. The first-order valence-corrected chi connectivity index (χ1v) is 6.86. The first kappa shape index (κ1) is 15.7. The lowest BCUT2D eigenvalue weighted by Gasteiger charge is -2.15. The van der Waals surface area contributed by atoms with Crippen LogP contribution in [-0.4, -0.2) is 27.5 Å². The number of aromatic nitrogens is 2. The third-order valence-corrected chi connectivity index (χ3v) is 3.26. The molecule has 104 valence electrons. The fourth-order valence-electron chi connectivity index (χ4n) is 1.64. The Balaban J connectivity index is 2.73. The number of halogens is 1. The minimum atomic E-state index is -0.458. The molecule has 2 N–H and O–H groups in total. The minimum absolute atomic E-state index is 0.133. The topological polar surface area (TPSA) is 67.2 Å². The molecule has 0 saturated heterocycles. The third kappa shape index (κ3) is 4.69. The number of terminal acetylenes is 1. The van der Waals surface area contributed by atoms with Gasteiger partial charge in [-0.1, -0.05) is 19.8 Å². The Morgan fingerprint density at radius 3 is 2.89 bits per heavy atom. The molecule has 1 rings (SSSR count). The molecule has 1 heterocycles. The highest BCUT2D eigenvalue weighted by molar-refractivity contribution is 9.10. The maximum Gasteiger partial charge on any atom is 0.284 e. The molecule has 0 aliphatic heterocycles. The molecule has 1 aromatic rings. The Labute approximate surface area is 121 Å². The number of rotatable bonds is 6. The van der Waals surface area contributed by atoms with Crippen LogP contribution in [0.25, 0.3) is 0 Å². The molecule has 0 aliphatic carbocycles. The standard InChI is InChI=1S/C13H18BrN3O2/c1-4-5-17-13(19)12(14)11(8-16-17)15-7-10(18)6-9(2)3/h1,8-10,15,18H,5-7H2,2-3H3. The number of anilines is 1. The summed E-state index contributed by atoms with van der Waals surface area (Å²) < 4.78 is 1.56. The number of nitrogens with zero attached hydrogens (tertiary/aromatic N) is 2. The SMILES string of the molecule is C#CCn1ncc(NCC(O)CC(C)C)c(Br)c1=O. The molecular formula is C13H18BrN3O2. The molecule has 0 saturated carbocycles. The van der Waals surface area contributed by atoms with E-state index in [1.54, 1.807) is 0 Å². The largest absolute Gasteiger partial charge is 0.391 e. The average Bonchev–Trinajstić information content (AvgIpc) is 2.33. The lowest BCUT2D eigenvalue weighted by molar-refractivity contribution is 0.161. The van der Waals surface area contributed by atoms with E-state index in [2.05, 4.69) is 32.3 Å². The van der Waals surface area contributed by atoms with Crippen LogP contribution in [0.1, 0.15) is 20.3 Å². The van der Waals surface area contributed by atoms with Crippen molar-refractivity contribution in [1.82, 2.24) is 9.78 Å². The van der Waals surface area contributed by atoms with Crippen LogP contribution in [0.2, 0.25) is 0 Å². The Kier molecular flexibility index (Phi) is 6.06. The second kappa shape index (κ2) is 7.31. The van der Waals surface area contributed by atoms with Gasteiger partial charge in [-0.3, -0.25) is 4.79 Å². The molecular weight excluding hydrogens is 310 g/mol. The van der Waals surface area contributed by atoms with Gasteiger partial charge in [-0.15, -0.1) is 6.42 Å². The zero-order chi connectivity index (χ0) is 14.4. The van der Waals surface area contributed by atoms with Crippen molar-refractivity contribution in [3.8, 4) is 12.3 Å². The molecule has 6 heteroatoms. The van der Waals surface area contributed by atoms with Gasteiger partial charge >= 0.3 is 0 Å². The highest BCUT2D eigenvalue weighted by atomic mass is 79.9. The van der Waals surface area contributed by atoms with E-state index in [1.165, 1.54) is 10.9 Å². The molecule has 19 heavy (non-hydrogen) atoms. The van der Waals surface area contributed by atoms with Gasteiger partial charge in [-0.05, 0) is 28.3 Å². The van der Waals surface area contributed by atoms with Crippen molar-refractivity contribution in [1.29, 1.82) is 0 Å². The van der Waals surface area contributed by atoms with Gasteiger partial charge in [-0.25, -0.2) is 4.68 Å². The summed E-state index contributed by atoms with van der Waals surface area (Å²) in [6.07, 6.45) is 6.91. The summed E-state index contributed by atoms with van der Waals surface area (Å²) >= 11 is 3.22. The van der Waals surface area contributed by atoms with Gasteiger partial charge in [-0.2, -0.15) is 5.10 Å². The van der Waals surface area contributed by atoms with Crippen LogP contribution in [-0.2, 0) is 6.54 Å². The predicted molar refractivity (Wildman–Crippen MR) is 79.0 cm³/mol. The Hall–Kier alpha value is -1.32. The van der Waals surface area contributed by atoms with E-state index in [1.807, 2.05) is 13.8 Å². The van der Waals surface area contributed by atoms with Crippen molar-refractivity contribution < 1.29 is 5.11 Å². The van der Waals surface area contributed by atoms with Crippen LogP contribution in [0.5, 0.6) is 0 Å².